The van der Waals surface area contributed by atoms with Crippen LogP contribution in [0.3, 0.4) is 0 Å². The molecule has 1 nitrogen and oxygen atoms in total. The Labute approximate surface area is 577 Å². The van der Waals surface area contributed by atoms with Crippen molar-refractivity contribution in [1.82, 2.24) is 0 Å². The van der Waals surface area contributed by atoms with Gasteiger partial charge in [0.05, 0.1) is 12.7 Å². The number of alkyl halides is 3. The molecule has 0 saturated heterocycles. The van der Waals surface area contributed by atoms with Crippen LogP contribution in [0, 0.1) is 104 Å². The number of benzene rings is 7. The summed E-state index contributed by atoms with van der Waals surface area (Å²) in [5.41, 5.74) is 34.0. The highest BCUT2D eigenvalue weighted by molar-refractivity contribution is 5.46. The molecule has 0 aliphatic rings. The fourth-order valence-electron chi connectivity index (χ4n) is 12.1. The van der Waals surface area contributed by atoms with Crippen LogP contribution < -0.4 is 4.74 Å². The lowest BCUT2D eigenvalue weighted by atomic mass is 9.84. The summed E-state index contributed by atoms with van der Waals surface area (Å²) >= 11 is 0. The summed E-state index contributed by atoms with van der Waals surface area (Å²) in [6.07, 6.45) is -4.32. The molecule has 7 aromatic carbocycles. The summed E-state index contributed by atoms with van der Waals surface area (Å²) in [6, 6.07) is 32.5. The first-order valence-corrected chi connectivity index (χ1v) is 35.3. The predicted octanol–water partition coefficient (Wildman–Crippen LogP) is 28.9. The van der Waals surface area contributed by atoms with E-state index in [0.29, 0.717) is 58.8 Å². The molecular formula is C90H135F3O. The molecule has 0 N–H and O–H groups in total. The van der Waals surface area contributed by atoms with Gasteiger partial charge in [0.2, 0.25) is 0 Å². The van der Waals surface area contributed by atoms with Crippen molar-refractivity contribution in [2.24, 2.45) is 0 Å². The van der Waals surface area contributed by atoms with Gasteiger partial charge in [0.25, 0.3) is 0 Å². The third kappa shape index (κ3) is 26.3. The summed E-state index contributed by atoms with van der Waals surface area (Å²) in [4.78, 5) is 0. The highest BCUT2D eigenvalue weighted by atomic mass is 19.4. The Kier molecular flexibility index (Phi) is 35.0. The summed E-state index contributed by atoms with van der Waals surface area (Å²) in [5.74, 6) is 5.92. The van der Waals surface area contributed by atoms with E-state index in [1.165, 1.54) is 142 Å². The molecule has 94 heavy (non-hydrogen) atoms. The smallest absolute Gasteiger partial charge is 0.416 e. The number of methoxy groups -OCH3 is 1. The second-order valence-electron chi connectivity index (χ2n) is 31.0. The largest absolute Gasteiger partial charge is 0.497 e. The molecule has 7 rings (SSSR count). The van der Waals surface area contributed by atoms with Crippen LogP contribution in [0.1, 0.15) is 343 Å². The zero-order valence-corrected chi connectivity index (χ0v) is 66.9. The Morgan fingerprint density at radius 1 is 0.287 bits per heavy atom. The number of aryl methyl sites for hydroxylation is 8. The van der Waals surface area contributed by atoms with Crippen LogP contribution in [0.25, 0.3) is 0 Å². The first-order chi connectivity index (χ1) is 43.0. The Hall–Kier alpha value is -5.87. The second kappa shape index (κ2) is 38.2. The normalized spacial score (nSPS) is 11.4. The molecule has 0 spiro atoms. The van der Waals surface area contributed by atoms with Crippen molar-refractivity contribution >= 4 is 0 Å². The Bertz CT molecular complexity index is 3360. The van der Waals surface area contributed by atoms with Gasteiger partial charge in [-0.25, -0.2) is 0 Å². The van der Waals surface area contributed by atoms with Gasteiger partial charge in [-0.3, -0.25) is 0 Å². The summed E-state index contributed by atoms with van der Waals surface area (Å²) in [5, 5.41) is 0. The molecule has 0 aromatic heterocycles. The van der Waals surface area contributed by atoms with E-state index in [9.17, 15) is 13.2 Å². The Morgan fingerprint density at radius 2 is 0.564 bits per heavy atom. The minimum atomic E-state index is -4.32. The van der Waals surface area contributed by atoms with E-state index in [1.54, 1.807) is 13.0 Å². The van der Waals surface area contributed by atoms with Crippen LogP contribution in [0.2, 0.25) is 0 Å². The molecule has 0 fully saturated rings. The molecule has 522 valence electrons. The molecule has 0 heterocycles. The average Bonchev–Trinajstić information content (AvgIpc) is 0.867. The van der Waals surface area contributed by atoms with Crippen LogP contribution in [-0.2, 0) is 11.6 Å². The molecule has 0 atom stereocenters. The molecule has 0 saturated carbocycles. The molecule has 4 heteroatoms. The quantitative estimate of drug-likeness (QED) is 0.133. The zero-order chi connectivity index (χ0) is 73.1. The first kappa shape index (κ1) is 86.1. The van der Waals surface area contributed by atoms with E-state index in [-0.39, 0.29) is 16.7 Å². The number of ether oxygens (including phenoxy) is 1. The fourth-order valence-corrected chi connectivity index (χ4v) is 12.1. The first-order valence-electron chi connectivity index (χ1n) is 35.3. The van der Waals surface area contributed by atoms with Crippen molar-refractivity contribution in [2.45, 2.75) is 314 Å². The van der Waals surface area contributed by atoms with Crippen LogP contribution in [0.15, 0.2) is 91.0 Å². The minimum Gasteiger partial charge on any atom is -0.497 e. The lowest BCUT2D eigenvalue weighted by molar-refractivity contribution is -0.138. The van der Waals surface area contributed by atoms with Crippen molar-refractivity contribution in [3.8, 4) is 5.75 Å². The summed E-state index contributed by atoms with van der Waals surface area (Å²) in [7, 11) is 1.35. The van der Waals surface area contributed by atoms with Crippen LogP contribution in [-0.4, -0.2) is 7.11 Å². The maximum Gasteiger partial charge on any atom is 0.416 e. The van der Waals surface area contributed by atoms with Gasteiger partial charge in [0.1, 0.15) is 5.75 Å². The van der Waals surface area contributed by atoms with Crippen molar-refractivity contribution in [3.63, 3.8) is 0 Å². The van der Waals surface area contributed by atoms with Gasteiger partial charge in [-0.05, 0) is 303 Å². The topological polar surface area (TPSA) is 9.23 Å². The van der Waals surface area contributed by atoms with E-state index >= 15 is 0 Å². The maximum atomic E-state index is 12.5. The van der Waals surface area contributed by atoms with Crippen molar-refractivity contribution in [1.29, 1.82) is 0 Å². The van der Waals surface area contributed by atoms with E-state index < -0.39 is 11.7 Å². The average molecular weight is 1290 g/mol. The number of rotatable bonds is 10. The Morgan fingerprint density at radius 3 is 0.872 bits per heavy atom. The van der Waals surface area contributed by atoms with Gasteiger partial charge in [-0.1, -0.05) is 235 Å². The summed E-state index contributed by atoms with van der Waals surface area (Å²) in [6.45, 7) is 79.3. The number of halogens is 3. The molecule has 0 radical (unpaired) electrons. The summed E-state index contributed by atoms with van der Waals surface area (Å²) < 4.78 is 42.3. The molecule has 7 aromatic rings. The third-order valence-corrected chi connectivity index (χ3v) is 19.0. The van der Waals surface area contributed by atoms with Gasteiger partial charge in [0.15, 0.2) is 0 Å². The van der Waals surface area contributed by atoms with Gasteiger partial charge in [0, 0.05) is 0 Å². The fraction of sp³-hybridized carbons (Fsp3) is 0.533. The highest BCUT2D eigenvalue weighted by Crippen LogP contribution is 2.37. The monoisotopic (exact) mass is 1290 g/mol. The van der Waals surface area contributed by atoms with Gasteiger partial charge in [-0.2, -0.15) is 13.2 Å². The molecule has 0 amide bonds. The van der Waals surface area contributed by atoms with E-state index in [0.717, 1.165) is 6.07 Å². The Balaban J connectivity index is 0.000000549. The zero-order valence-electron chi connectivity index (χ0n) is 66.9. The minimum absolute atomic E-state index is 0.237. The highest BCUT2D eigenvalue weighted by Gasteiger charge is 2.33. The molecule has 0 unspecified atom stereocenters. The molecular weight excluding hydrogens is 1150 g/mol. The van der Waals surface area contributed by atoms with E-state index in [2.05, 4.69) is 314 Å². The maximum absolute atomic E-state index is 12.5. The van der Waals surface area contributed by atoms with Gasteiger partial charge in [-0.15, -0.1) is 0 Å². The number of hydrogen-bond donors (Lipinski definition) is 0. The van der Waals surface area contributed by atoms with Gasteiger partial charge < -0.3 is 4.74 Å². The van der Waals surface area contributed by atoms with Crippen molar-refractivity contribution < 1.29 is 17.9 Å². The van der Waals surface area contributed by atoms with E-state index in [4.69, 9.17) is 4.74 Å². The molecule has 0 aliphatic heterocycles. The van der Waals surface area contributed by atoms with Crippen molar-refractivity contribution in [2.75, 3.05) is 7.11 Å². The lowest BCUT2D eigenvalue weighted by Gasteiger charge is -2.21. The van der Waals surface area contributed by atoms with E-state index in [1.807, 2.05) is 0 Å². The molecule has 0 aliphatic carbocycles. The van der Waals surface area contributed by atoms with Crippen molar-refractivity contribution in [3.05, 3.63) is 236 Å². The number of hydrogen-bond acceptors (Lipinski definition) is 1. The standard InChI is InChI=1S/C16H26.C14H22.2C13H20.2C12H18.C10H11F3O/c1-10(2)14-8-15(11(3)4)13(7)16(9-14)12(5)6;1-9(2)13-7-11(5)8-14(10(3)4)12(13)6;1-9-7-12(13(4,5)6)8-10(2)11(9)3;1-9(2)12-7-6-8-13(10(3)4)11(12)5;1-8(2)12-6-9(3)11(5)10(4)7-12;1-8(2)12-7-9(3)6-10(4)11(12)5;1-6-4-8(14-3)5-9(7(6)2)10(11,12)13/h8-12H,1-7H3;7-10H,1-6H3;7-8H,1-6H3;6-10H,1-5H3;2*6-8H,1-5H3;4-5H,1-3H3. The third-order valence-electron chi connectivity index (χ3n) is 19.0. The van der Waals surface area contributed by atoms with Crippen LogP contribution >= 0.6 is 0 Å². The SMILES string of the molecule is COc1cc(C)c(C)c(C(F)(F)F)c1.Cc1c(C(C)C)cc(C(C)C)cc1C(C)C.Cc1c(C(C)C)cccc1C(C)C.Cc1cc(C(C)(C)C)cc(C)c1C.Cc1cc(C(C)C)c(C)c(C(C)C)c1.Cc1cc(C(C)C)cc(C)c1C.Cc1cc(C)c(C)c(C(C)C)c1. The molecule has 0 bridgehead atoms. The lowest BCUT2D eigenvalue weighted by Crippen LogP contribution is -2.12. The van der Waals surface area contributed by atoms with Gasteiger partial charge >= 0.3 is 6.18 Å². The second-order valence-corrected chi connectivity index (χ2v) is 31.0. The van der Waals surface area contributed by atoms with Crippen LogP contribution in [0.5, 0.6) is 5.75 Å². The van der Waals surface area contributed by atoms with Crippen LogP contribution in [0.4, 0.5) is 13.2 Å². The predicted molar refractivity (Wildman–Crippen MR) is 413 cm³/mol.